The minimum Gasteiger partial charge on any atom is -0.377 e. The van der Waals surface area contributed by atoms with Crippen LogP contribution in [0.3, 0.4) is 0 Å². The summed E-state index contributed by atoms with van der Waals surface area (Å²) in [6.07, 6.45) is 4.75. The van der Waals surface area contributed by atoms with Gasteiger partial charge < -0.3 is 10.1 Å². The van der Waals surface area contributed by atoms with Gasteiger partial charge >= 0.3 is 0 Å². The number of carbonyl (C=O) groups excluding carboxylic acids is 1. The van der Waals surface area contributed by atoms with E-state index < -0.39 is 9.84 Å². The molecule has 0 bridgehead atoms. The highest BCUT2D eigenvalue weighted by atomic mass is 32.2. The van der Waals surface area contributed by atoms with Crippen molar-refractivity contribution in [1.29, 1.82) is 0 Å². The van der Waals surface area contributed by atoms with Gasteiger partial charge in [-0.1, -0.05) is 19.8 Å². The lowest BCUT2D eigenvalue weighted by Crippen LogP contribution is -2.27. The molecule has 2 atom stereocenters. The molecule has 128 valence electrons. The minimum absolute atomic E-state index is 0.0182. The molecule has 1 aromatic rings. The molecule has 0 unspecified atom stereocenters. The number of hydrogen-bond donors (Lipinski definition) is 1. The highest BCUT2D eigenvalue weighted by molar-refractivity contribution is 7.91. The van der Waals surface area contributed by atoms with Gasteiger partial charge in [0.2, 0.25) is 5.91 Å². The van der Waals surface area contributed by atoms with Crippen molar-refractivity contribution in [3.63, 3.8) is 0 Å². The van der Waals surface area contributed by atoms with Crippen molar-refractivity contribution in [1.82, 2.24) is 0 Å². The van der Waals surface area contributed by atoms with E-state index in [9.17, 15) is 13.2 Å². The summed E-state index contributed by atoms with van der Waals surface area (Å²) in [5.74, 6) is 0.300. The van der Waals surface area contributed by atoms with Gasteiger partial charge in [0.1, 0.15) is 0 Å². The Labute approximate surface area is 138 Å². The summed E-state index contributed by atoms with van der Waals surface area (Å²) in [5, 5.41) is 2.62. The third-order valence-corrected chi connectivity index (χ3v) is 5.95. The molecule has 1 aromatic carbocycles. The number of carbonyl (C=O) groups is 1. The SMILES string of the molecule is CC(=O)Nc1ccc(S(=O)(=O)CCO[C@@H]2CCCC[C@@H]2C)cc1. The second-order valence-electron chi connectivity index (χ2n) is 6.20. The predicted molar refractivity (Wildman–Crippen MR) is 90.2 cm³/mol. The van der Waals surface area contributed by atoms with Gasteiger partial charge in [-0.15, -0.1) is 0 Å². The van der Waals surface area contributed by atoms with Crippen molar-refractivity contribution in [2.24, 2.45) is 5.92 Å². The van der Waals surface area contributed by atoms with Crippen LogP contribution in [0.5, 0.6) is 0 Å². The molecule has 0 spiro atoms. The van der Waals surface area contributed by atoms with Gasteiger partial charge in [0.05, 0.1) is 23.4 Å². The fourth-order valence-electron chi connectivity index (χ4n) is 2.91. The number of amides is 1. The van der Waals surface area contributed by atoms with E-state index in [-0.39, 0.29) is 29.3 Å². The summed E-state index contributed by atoms with van der Waals surface area (Å²) in [5.41, 5.74) is 0.587. The summed E-state index contributed by atoms with van der Waals surface area (Å²) in [4.78, 5) is 11.2. The average molecular weight is 339 g/mol. The van der Waals surface area contributed by atoms with E-state index in [1.54, 1.807) is 12.1 Å². The molecule has 5 nitrogen and oxygen atoms in total. The summed E-state index contributed by atoms with van der Waals surface area (Å²) in [7, 11) is -3.36. The van der Waals surface area contributed by atoms with Crippen LogP contribution >= 0.6 is 0 Å². The molecule has 1 N–H and O–H groups in total. The normalized spacial score (nSPS) is 21.8. The Morgan fingerprint density at radius 3 is 2.48 bits per heavy atom. The highest BCUT2D eigenvalue weighted by Gasteiger charge is 2.23. The maximum atomic E-state index is 12.3. The first-order chi connectivity index (χ1) is 10.9. The quantitative estimate of drug-likeness (QED) is 0.865. The van der Waals surface area contributed by atoms with Crippen molar-refractivity contribution in [2.75, 3.05) is 17.7 Å². The molecular weight excluding hydrogens is 314 g/mol. The van der Waals surface area contributed by atoms with E-state index in [4.69, 9.17) is 4.74 Å². The number of anilines is 1. The molecule has 0 radical (unpaired) electrons. The van der Waals surface area contributed by atoms with E-state index in [0.29, 0.717) is 11.6 Å². The standard InChI is InChI=1S/C17H25NO4S/c1-13-5-3-4-6-17(13)22-11-12-23(20,21)16-9-7-15(8-10-16)18-14(2)19/h7-10,13,17H,3-6,11-12H2,1-2H3,(H,18,19)/t13-,17+/m0/s1. The molecular formula is C17H25NO4S. The van der Waals surface area contributed by atoms with Gasteiger partial charge in [-0.25, -0.2) is 8.42 Å². The van der Waals surface area contributed by atoms with Gasteiger partial charge in [-0.2, -0.15) is 0 Å². The Hall–Kier alpha value is -1.40. The van der Waals surface area contributed by atoms with Crippen LogP contribution in [0.4, 0.5) is 5.69 Å². The summed E-state index contributed by atoms with van der Waals surface area (Å²) in [6.45, 7) is 3.80. The predicted octanol–water partition coefficient (Wildman–Crippen LogP) is 3.01. The van der Waals surface area contributed by atoms with Gasteiger partial charge in [0, 0.05) is 12.6 Å². The zero-order valence-corrected chi connectivity index (χ0v) is 14.6. The largest absolute Gasteiger partial charge is 0.377 e. The van der Waals surface area contributed by atoms with Gasteiger partial charge in [-0.3, -0.25) is 4.79 Å². The summed E-state index contributed by atoms with van der Waals surface area (Å²) in [6, 6.07) is 6.23. The van der Waals surface area contributed by atoms with Crippen LogP contribution < -0.4 is 5.32 Å². The smallest absolute Gasteiger partial charge is 0.221 e. The molecule has 0 saturated heterocycles. The summed E-state index contributed by atoms with van der Waals surface area (Å²) < 4.78 is 30.4. The fraction of sp³-hybridized carbons (Fsp3) is 0.588. The Morgan fingerprint density at radius 2 is 1.87 bits per heavy atom. The van der Waals surface area contributed by atoms with Crippen LogP contribution in [0, 0.1) is 5.92 Å². The second-order valence-corrected chi connectivity index (χ2v) is 8.30. The minimum atomic E-state index is -3.36. The Balaban J connectivity index is 1.89. The molecule has 0 aromatic heterocycles. The maximum Gasteiger partial charge on any atom is 0.221 e. The highest BCUT2D eigenvalue weighted by Crippen LogP contribution is 2.26. The third-order valence-electron chi connectivity index (χ3n) is 4.25. The second kappa shape index (κ2) is 7.93. The average Bonchev–Trinajstić information content (AvgIpc) is 2.49. The van der Waals surface area contributed by atoms with E-state index in [1.165, 1.54) is 25.5 Å². The van der Waals surface area contributed by atoms with Crippen molar-refractivity contribution in [3.05, 3.63) is 24.3 Å². The molecule has 1 aliphatic carbocycles. The zero-order valence-electron chi connectivity index (χ0n) is 13.7. The number of nitrogens with one attached hydrogen (secondary N) is 1. The third kappa shape index (κ3) is 5.32. The number of rotatable bonds is 6. The van der Waals surface area contributed by atoms with Crippen molar-refractivity contribution in [3.8, 4) is 0 Å². The van der Waals surface area contributed by atoms with Gasteiger partial charge in [0.25, 0.3) is 0 Å². The molecule has 1 aliphatic rings. The molecule has 1 amide bonds. The van der Waals surface area contributed by atoms with Crippen LogP contribution in [-0.2, 0) is 19.4 Å². The van der Waals surface area contributed by atoms with Crippen LogP contribution in [0.2, 0.25) is 0 Å². The van der Waals surface area contributed by atoms with Gasteiger partial charge in [-0.05, 0) is 43.0 Å². The molecule has 23 heavy (non-hydrogen) atoms. The van der Waals surface area contributed by atoms with Crippen molar-refractivity contribution in [2.45, 2.75) is 50.5 Å². The first-order valence-electron chi connectivity index (χ1n) is 8.10. The Bertz CT molecular complexity index is 624. The van der Waals surface area contributed by atoms with E-state index in [2.05, 4.69) is 12.2 Å². The van der Waals surface area contributed by atoms with Gasteiger partial charge in [0.15, 0.2) is 9.84 Å². The fourth-order valence-corrected chi connectivity index (χ4v) is 4.01. The monoisotopic (exact) mass is 339 g/mol. The lowest BCUT2D eigenvalue weighted by Gasteiger charge is -2.28. The molecule has 2 rings (SSSR count). The van der Waals surface area contributed by atoms with E-state index in [0.717, 1.165) is 19.3 Å². The molecule has 6 heteroatoms. The van der Waals surface area contributed by atoms with Crippen LogP contribution in [0.25, 0.3) is 0 Å². The number of hydrogen-bond acceptors (Lipinski definition) is 4. The Kier molecular flexibility index (Phi) is 6.18. The maximum absolute atomic E-state index is 12.3. The van der Waals surface area contributed by atoms with Crippen molar-refractivity contribution < 1.29 is 17.9 Å². The van der Waals surface area contributed by atoms with Crippen LogP contribution in [0.1, 0.15) is 39.5 Å². The van der Waals surface area contributed by atoms with Crippen LogP contribution in [-0.4, -0.2) is 32.8 Å². The first kappa shape index (κ1) is 17.9. The zero-order chi connectivity index (χ0) is 16.9. The van der Waals surface area contributed by atoms with E-state index in [1.807, 2.05) is 0 Å². The van der Waals surface area contributed by atoms with Crippen LogP contribution in [0.15, 0.2) is 29.2 Å². The summed E-state index contributed by atoms with van der Waals surface area (Å²) >= 11 is 0. The molecule has 0 aliphatic heterocycles. The molecule has 1 fully saturated rings. The number of sulfone groups is 1. The number of ether oxygens (including phenoxy) is 1. The first-order valence-corrected chi connectivity index (χ1v) is 9.76. The molecule has 0 heterocycles. The van der Waals surface area contributed by atoms with Crippen molar-refractivity contribution >= 4 is 21.4 Å². The Morgan fingerprint density at radius 1 is 1.22 bits per heavy atom. The van der Waals surface area contributed by atoms with E-state index >= 15 is 0 Å². The lowest BCUT2D eigenvalue weighted by atomic mass is 9.88. The molecule has 1 saturated carbocycles. The topological polar surface area (TPSA) is 72.5 Å². The number of benzene rings is 1. The lowest BCUT2D eigenvalue weighted by molar-refractivity contribution is -0.114.